The van der Waals surface area contributed by atoms with Crippen LogP contribution in [0.25, 0.3) is 0 Å². The Labute approximate surface area is 352 Å². The van der Waals surface area contributed by atoms with E-state index in [0.717, 1.165) is 37.8 Å². The Balaban J connectivity index is 1.20. The lowest BCUT2D eigenvalue weighted by atomic mass is 10.1. The normalized spacial score (nSPS) is 15.6. The predicted molar refractivity (Wildman–Crippen MR) is 223 cm³/mol. The van der Waals surface area contributed by atoms with E-state index in [2.05, 4.69) is 48.6 Å². The minimum absolute atomic E-state index is 0.0244. The number of carbonyl (C=O) groups excluding carboxylic acids is 2. The highest BCUT2D eigenvalue weighted by Gasteiger charge is 2.31. The highest BCUT2D eigenvalue weighted by atomic mass is 16.5. The molecule has 0 radical (unpaired) electrons. The van der Waals surface area contributed by atoms with Crippen molar-refractivity contribution in [3.63, 3.8) is 0 Å². The fourth-order valence-corrected chi connectivity index (χ4v) is 6.85. The van der Waals surface area contributed by atoms with Gasteiger partial charge in [-0.05, 0) is 45.6 Å². The van der Waals surface area contributed by atoms with E-state index in [4.69, 9.17) is 41.3 Å². The van der Waals surface area contributed by atoms with Gasteiger partial charge in [0.1, 0.15) is 19.2 Å². The first-order valence-electron chi connectivity index (χ1n) is 21.2. The summed E-state index contributed by atoms with van der Waals surface area (Å²) in [6, 6.07) is -0.443. The Bertz CT molecular complexity index is 1770. The van der Waals surface area contributed by atoms with Gasteiger partial charge < -0.3 is 50.0 Å². The Morgan fingerprint density at radius 1 is 0.850 bits per heavy atom. The zero-order valence-corrected chi connectivity index (χ0v) is 35.2. The number of carbonyl (C=O) groups is 2. The molecule has 2 amide bonds. The van der Waals surface area contributed by atoms with Gasteiger partial charge in [-0.3, -0.25) is 9.59 Å². The fourth-order valence-electron chi connectivity index (χ4n) is 6.85. The van der Waals surface area contributed by atoms with Crippen LogP contribution in [0.3, 0.4) is 0 Å². The SMILES string of the molecule is C#CCOCCOCCOCCNc1nc(N2CCN(C(=O)Cn3cc(CC(C)O)nn3)CC2)nc(N2CCN(C(=O)[C@H](CCCCN)n3cc(CCCC)nn3)CC2)n1. The number of aliphatic hydroxyl groups is 1. The molecule has 2 saturated heterocycles. The highest BCUT2D eigenvalue weighted by Crippen LogP contribution is 2.23. The molecule has 0 bridgehead atoms. The Hall–Kier alpha value is -5.01. The van der Waals surface area contributed by atoms with Gasteiger partial charge in [-0.1, -0.05) is 29.7 Å². The lowest BCUT2D eigenvalue weighted by Gasteiger charge is -2.37. The number of nitrogens with two attached hydrogens (primary N) is 1. The van der Waals surface area contributed by atoms with Gasteiger partial charge in [0.15, 0.2) is 0 Å². The number of terminal acetylenes is 1. The lowest BCUT2D eigenvalue weighted by Crippen LogP contribution is -2.51. The molecule has 0 spiro atoms. The molecule has 2 atom stereocenters. The van der Waals surface area contributed by atoms with Gasteiger partial charge >= 0.3 is 0 Å². The highest BCUT2D eigenvalue weighted by molar-refractivity contribution is 5.80. The average Bonchev–Trinajstić information content (AvgIpc) is 3.92. The second-order valence-electron chi connectivity index (χ2n) is 14.9. The van der Waals surface area contributed by atoms with Crippen LogP contribution in [0.5, 0.6) is 0 Å². The summed E-state index contributed by atoms with van der Waals surface area (Å²) >= 11 is 0. The zero-order valence-electron chi connectivity index (χ0n) is 35.2. The lowest BCUT2D eigenvalue weighted by molar-refractivity contribution is -0.135. The van der Waals surface area contributed by atoms with Crippen molar-refractivity contribution in [2.45, 2.75) is 77.5 Å². The van der Waals surface area contributed by atoms with Crippen molar-refractivity contribution < 1.29 is 28.9 Å². The van der Waals surface area contributed by atoms with Gasteiger partial charge in [0, 0.05) is 77.7 Å². The smallest absolute Gasteiger partial charge is 0.247 e. The van der Waals surface area contributed by atoms with E-state index in [-0.39, 0.29) is 25.0 Å². The molecule has 0 aromatic carbocycles. The molecule has 3 aromatic rings. The van der Waals surface area contributed by atoms with Gasteiger partial charge in [0.25, 0.3) is 0 Å². The Morgan fingerprint density at radius 3 is 2.15 bits per heavy atom. The first-order chi connectivity index (χ1) is 29.3. The van der Waals surface area contributed by atoms with Crippen LogP contribution in [-0.4, -0.2) is 183 Å². The minimum atomic E-state index is -0.543. The van der Waals surface area contributed by atoms with Crippen LogP contribution in [0.15, 0.2) is 12.4 Å². The molecule has 3 aromatic heterocycles. The summed E-state index contributed by atoms with van der Waals surface area (Å²) in [5.41, 5.74) is 7.33. The summed E-state index contributed by atoms with van der Waals surface area (Å²) in [7, 11) is 0. The number of aliphatic hydroxyl groups excluding tert-OH is 1. The van der Waals surface area contributed by atoms with Gasteiger partial charge in [0.05, 0.1) is 50.5 Å². The molecular weight excluding hydrogens is 775 g/mol. The van der Waals surface area contributed by atoms with Crippen molar-refractivity contribution >= 4 is 29.7 Å². The molecule has 0 saturated carbocycles. The number of hydrogen-bond donors (Lipinski definition) is 3. The number of amides is 2. The molecule has 2 fully saturated rings. The molecule has 330 valence electrons. The number of anilines is 3. The van der Waals surface area contributed by atoms with Crippen LogP contribution in [-0.2, 0) is 43.2 Å². The maximum Gasteiger partial charge on any atom is 0.247 e. The number of hydrogen-bond acceptors (Lipinski definition) is 17. The summed E-state index contributed by atoms with van der Waals surface area (Å²) in [6.45, 7) is 11.3. The summed E-state index contributed by atoms with van der Waals surface area (Å²) in [6.07, 6.45) is 13.8. The number of piperazine rings is 2. The Morgan fingerprint density at radius 2 is 1.50 bits per heavy atom. The van der Waals surface area contributed by atoms with Crippen LogP contribution >= 0.6 is 0 Å². The van der Waals surface area contributed by atoms with Crippen molar-refractivity contribution in [3.8, 4) is 12.3 Å². The van der Waals surface area contributed by atoms with Crippen molar-refractivity contribution in [1.82, 2.24) is 54.7 Å². The number of aromatic nitrogens is 9. The van der Waals surface area contributed by atoms with E-state index >= 15 is 0 Å². The van der Waals surface area contributed by atoms with Crippen molar-refractivity contribution in [1.29, 1.82) is 0 Å². The second kappa shape index (κ2) is 24.9. The summed E-state index contributed by atoms with van der Waals surface area (Å²) in [5, 5.41) is 29.8. The van der Waals surface area contributed by atoms with Crippen LogP contribution < -0.4 is 20.9 Å². The van der Waals surface area contributed by atoms with Crippen LogP contribution in [0.1, 0.15) is 63.4 Å². The molecule has 21 nitrogen and oxygen atoms in total. The number of rotatable bonds is 26. The summed E-state index contributed by atoms with van der Waals surface area (Å²) in [4.78, 5) is 49.5. The maximum absolute atomic E-state index is 14.0. The number of ether oxygens (including phenoxy) is 3. The predicted octanol–water partition coefficient (Wildman–Crippen LogP) is -0.217. The molecule has 5 heterocycles. The van der Waals surface area contributed by atoms with Gasteiger partial charge in [-0.2, -0.15) is 15.0 Å². The largest absolute Gasteiger partial charge is 0.393 e. The third kappa shape index (κ3) is 14.6. The number of nitrogens with one attached hydrogen (secondary N) is 1. The van der Waals surface area contributed by atoms with E-state index < -0.39 is 12.1 Å². The van der Waals surface area contributed by atoms with Crippen molar-refractivity contribution in [2.24, 2.45) is 5.73 Å². The summed E-state index contributed by atoms with van der Waals surface area (Å²) in [5.74, 6) is 3.78. The van der Waals surface area contributed by atoms with Crippen molar-refractivity contribution in [3.05, 3.63) is 23.8 Å². The van der Waals surface area contributed by atoms with E-state index in [1.54, 1.807) is 22.7 Å². The third-order valence-electron chi connectivity index (χ3n) is 10.1. The monoisotopic (exact) mass is 838 g/mol. The molecular formula is C39H63N15O6. The molecule has 60 heavy (non-hydrogen) atoms. The van der Waals surface area contributed by atoms with E-state index in [1.807, 2.05) is 11.1 Å². The standard InChI is InChI=1S/C39H63N15O6/c1-4-6-9-32-29-54(48-45-32)34(10-7-8-11-40)36(57)50-15-19-52(20-16-50)39-43-37(41-12-22-59-24-26-60-25-23-58-21-5-2)42-38(44-39)51-17-13-49(14-18-51)35(56)30-53-28-33(46-47-53)27-31(3)55/h2,28-29,31,34,55H,4,6-27,30,40H2,1,3H3,(H,41,42,43,44)/t31?,34-/m0/s1. The first-order valence-corrected chi connectivity index (χ1v) is 21.2. The Kier molecular flexibility index (Phi) is 19.1. The summed E-state index contributed by atoms with van der Waals surface area (Å²) < 4.78 is 19.7. The van der Waals surface area contributed by atoms with Crippen LogP contribution in [0.2, 0.25) is 0 Å². The van der Waals surface area contributed by atoms with Gasteiger partial charge in [-0.15, -0.1) is 16.6 Å². The quantitative estimate of drug-likeness (QED) is 0.0701. The minimum Gasteiger partial charge on any atom is -0.393 e. The van der Waals surface area contributed by atoms with E-state index in [0.29, 0.717) is 135 Å². The number of unbranched alkanes of at least 4 members (excludes halogenated alkanes) is 2. The average molecular weight is 838 g/mol. The molecule has 4 N–H and O–H groups in total. The van der Waals surface area contributed by atoms with E-state index in [1.165, 1.54) is 4.68 Å². The third-order valence-corrected chi connectivity index (χ3v) is 10.1. The number of aryl methyl sites for hydroxylation is 1. The molecule has 1 unspecified atom stereocenters. The van der Waals surface area contributed by atoms with Gasteiger partial charge in [-0.25, -0.2) is 9.36 Å². The topological polar surface area (TPSA) is 233 Å². The number of nitrogens with zero attached hydrogens (tertiary/aromatic N) is 13. The molecule has 21 heteroatoms. The van der Waals surface area contributed by atoms with Crippen molar-refractivity contribution in [2.75, 3.05) is 120 Å². The van der Waals surface area contributed by atoms with Crippen LogP contribution in [0, 0.1) is 12.3 Å². The molecule has 5 rings (SSSR count). The first kappa shape index (κ1) is 46.1. The van der Waals surface area contributed by atoms with Gasteiger partial charge in [0.2, 0.25) is 29.7 Å². The van der Waals surface area contributed by atoms with E-state index in [9.17, 15) is 14.7 Å². The molecule has 2 aliphatic rings. The second-order valence-corrected chi connectivity index (χ2v) is 14.9. The molecule has 2 aliphatic heterocycles. The van der Waals surface area contributed by atoms with Crippen LogP contribution in [0.4, 0.5) is 17.8 Å². The zero-order chi connectivity index (χ0) is 42.5. The fraction of sp³-hybridized carbons (Fsp3) is 0.718. The molecule has 0 aliphatic carbocycles. The maximum atomic E-state index is 14.0.